The number of hydrogen-bond acceptors (Lipinski definition) is 16. The largest absolute Gasteiger partial charge is 0.507 e. The van der Waals surface area contributed by atoms with E-state index in [-0.39, 0.29) is 70.3 Å². The number of phenolic OH excluding ortho intramolecular Hbond substituents is 2. The van der Waals surface area contributed by atoms with E-state index >= 15 is 0 Å². The Morgan fingerprint density at radius 1 is 0.409 bits per heavy atom. The lowest BCUT2D eigenvalue weighted by Gasteiger charge is -2.06. The number of unbranched alkanes of at least 4 members (excludes halogenated alkanes) is 16. The van der Waals surface area contributed by atoms with Crippen LogP contribution in [0.25, 0.3) is 21.9 Å². The number of aromatic hydroxyl groups is 2. The summed E-state index contributed by atoms with van der Waals surface area (Å²) in [5.41, 5.74) is 0.613. The molecular formula is C66H88N4O18. The number of carbonyl (C=O) groups is 6. The zero-order chi connectivity index (χ0) is 64.3. The second-order valence-electron chi connectivity index (χ2n) is 20.7. The van der Waals surface area contributed by atoms with Crippen LogP contribution in [0, 0.1) is 0 Å². The molecule has 22 nitrogen and oxygen atoms in total. The van der Waals surface area contributed by atoms with E-state index in [0.717, 1.165) is 125 Å². The Morgan fingerprint density at radius 2 is 0.716 bits per heavy atom. The van der Waals surface area contributed by atoms with Gasteiger partial charge in [-0.05, 0) is 114 Å². The van der Waals surface area contributed by atoms with E-state index in [0.29, 0.717) is 87.0 Å². The summed E-state index contributed by atoms with van der Waals surface area (Å²) < 4.78 is 22.4. The minimum absolute atomic E-state index is 0.0151. The Balaban J connectivity index is 0.000000308. The lowest BCUT2D eigenvalue weighted by atomic mass is 10.1. The Kier molecular flexibility index (Phi) is 36.5. The molecule has 6 N–H and O–H groups in total. The number of amides is 2. The van der Waals surface area contributed by atoms with Crippen molar-refractivity contribution in [2.75, 3.05) is 26.3 Å². The summed E-state index contributed by atoms with van der Waals surface area (Å²) in [4.78, 5) is 115. The van der Waals surface area contributed by atoms with Gasteiger partial charge in [0.1, 0.15) is 22.7 Å². The number of hydrogen-bond donors (Lipinski definition) is 6. The highest BCUT2D eigenvalue weighted by Crippen LogP contribution is 2.17. The van der Waals surface area contributed by atoms with Gasteiger partial charge in [0.05, 0.1) is 35.1 Å². The number of carboxylic acids is 2. The zero-order valence-corrected chi connectivity index (χ0v) is 50.8. The summed E-state index contributed by atoms with van der Waals surface area (Å²) in [5, 5.41) is 42.3. The number of rotatable bonds is 36. The molecule has 0 aliphatic heterocycles. The summed E-state index contributed by atoms with van der Waals surface area (Å²) in [6, 6.07) is 26.4. The highest BCUT2D eigenvalue weighted by molar-refractivity contribution is 5.97. The smallest absolute Gasteiger partial charge is 0.422 e. The minimum atomic E-state index is -0.750. The molecule has 0 unspecified atom stereocenters. The summed E-state index contributed by atoms with van der Waals surface area (Å²) in [5.74, 6) is -3.60. The van der Waals surface area contributed by atoms with Gasteiger partial charge >= 0.3 is 35.4 Å². The molecule has 6 aromatic rings. The third-order valence-corrected chi connectivity index (χ3v) is 13.7. The lowest BCUT2D eigenvalue weighted by molar-refractivity contribution is -0.144. The maximum atomic E-state index is 12.3. The van der Waals surface area contributed by atoms with Crippen molar-refractivity contribution < 1.29 is 67.5 Å². The van der Waals surface area contributed by atoms with E-state index in [1.807, 2.05) is 0 Å². The Hall–Kier alpha value is -8.82. The van der Waals surface area contributed by atoms with Gasteiger partial charge < -0.3 is 49.4 Å². The van der Waals surface area contributed by atoms with Gasteiger partial charge in [0.25, 0.3) is 22.9 Å². The van der Waals surface area contributed by atoms with Gasteiger partial charge in [-0.2, -0.15) is 0 Å². The molecule has 0 atom stereocenters. The molecule has 480 valence electrons. The average molecular weight is 1230 g/mol. The summed E-state index contributed by atoms with van der Waals surface area (Å²) >= 11 is 0. The molecule has 22 heteroatoms. The first-order valence-corrected chi connectivity index (χ1v) is 30.6. The second kappa shape index (κ2) is 43.7. The maximum absolute atomic E-state index is 12.3. The fraction of sp³-hybridized carbons (Fsp3) is 0.485. The Labute approximate surface area is 511 Å². The van der Waals surface area contributed by atoms with Gasteiger partial charge in [-0.25, -0.2) is 18.7 Å². The Bertz CT molecular complexity index is 3110. The van der Waals surface area contributed by atoms with Crippen LogP contribution < -0.4 is 33.3 Å². The van der Waals surface area contributed by atoms with Gasteiger partial charge in [-0.1, -0.05) is 126 Å². The van der Waals surface area contributed by atoms with E-state index in [4.69, 9.17) is 28.5 Å². The van der Waals surface area contributed by atoms with Crippen LogP contribution in [0.15, 0.2) is 125 Å². The lowest BCUT2D eigenvalue weighted by Crippen LogP contribution is -2.32. The van der Waals surface area contributed by atoms with Crippen LogP contribution in [0.2, 0.25) is 0 Å². The SMILES string of the molecule is CCOC(=O)CCCCCCCn1c(=O)oc2ccccc2c1=O.CCOC(=O)CCCCCCCn1c(=O)oc2ccccc2c1=O.O=C(O)CCCCCCCNC(=O)c1ccccc1O.O=C(O)CCCCCCCNC(=O)c1ccccc1O. The number of carboxylic acid groups (broad SMARTS) is 2. The van der Waals surface area contributed by atoms with Gasteiger partial charge in [0.15, 0.2) is 0 Å². The fourth-order valence-electron chi connectivity index (χ4n) is 9.00. The van der Waals surface area contributed by atoms with Crippen LogP contribution in [-0.2, 0) is 41.7 Å². The minimum Gasteiger partial charge on any atom is -0.507 e. The van der Waals surface area contributed by atoms with Crippen molar-refractivity contribution >= 4 is 57.6 Å². The molecule has 88 heavy (non-hydrogen) atoms. The molecule has 0 bridgehead atoms. The zero-order valence-electron chi connectivity index (χ0n) is 50.8. The van der Waals surface area contributed by atoms with Crippen LogP contribution in [0.1, 0.15) is 189 Å². The van der Waals surface area contributed by atoms with Crippen LogP contribution in [0.3, 0.4) is 0 Å². The molecule has 0 aliphatic rings. The molecule has 2 heterocycles. The third kappa shape index (κ3) is 29.5. The summed E-state index contributed by atoms with van der Waals surface area (Å²) in [6.07, 6.45) is 18.7. The van der Waals surface area contributed by atoms with Gasteiger partial charge in [-0.15, -0.1) is 0 Å². The number of nitrogens with one attached hydrogen (secondary N) is 2. The van der Waals surface area contributed by atoms with Crippen molar-refractivity contribution in [3.05, 3.63) is 150 Å². The van der Waals surface area contributed by atoms with Crippen molar-refractivity contribution in [1.29, 1.82) is 0 Å². The number of aromatic nitrogens is 2. The van der Waals surface area contributed by atoms with E-state index < -0.39 is 23.5 Å². The second-order valence-corrected chi connectivity index (χ2v) is 20.7. The first kappa shape index (κ1) is 73.4. The monoisotopic (exact) mass is 1220 g/mol. The number of fused-ring (bicyclic) bond motifs is 2. The molecule has 0 saturated carbocycles. The predicted octanol–water partition coefficient (Wildman–Crippen LogP) is 10.8. The number of benzene rings is 4. The fourth-order valence-corrected chi connectivity index (χ4v) is 9.00. The molecule has 2 amide bonds. The summed E-state index contributed by atoms with van der Waals surface area (Å²) in [7, 11) is 0. The Morgan fingerprint density at radius 3 is 1.07 bits per heavy atom. The maximum Gasteiger partial charge on any atom is 0.422 e. The standard InChI is InChI=1S/2C18H23NO5.2C15H21NO4/c2*1-2-23-16(20)12-6-4-3-5-9-13-19-17(21)14-10-7-8-11-15(14)24-18(19)22;2*17-13-9-6-5-8-12(13)15(20)16-11-7-3-1-2-4-10-14(18)19/h2*7-8,10-11H,2-6,9,12-13H2,1H3;2*5-6,8-9,17H,1-4,7,10-11H2,(H,16,20)(H,18,19). The van der Waals surface area contributed by atoms with Crippen LogP contribution in [-0.4, -0.2) is 91.6 Å². The molecule has 0 aliphatic carbocycles. The molecule has 0 radical (unpaired) electrons. The molecule has 0 fully saturated rings. The quantitative estimate of drug-likeness (QED) is 0.0157. The number of ether oxygens (including phenoxy) is 2. The number of carbonyl (C=O) groups excluding carboxylic acids is 4. The number of para-hydroxylation sites is 4. The van der Waals surface area contributed by atoms with Gasteiger partial charge in [0.2, 0.25) is 0 Å². The number of esters is 2. The van der Waals surface area contributed by atoms with Crippen molar-refractivity contribution in [1.82, 2.24) is 19.8 Å². The first-order chi connectivity index (χ1) is 42.5. The van der Waals surface area contributed by atoms with Crippen molar-refractivity contribution in [3.63, 3.8) is 0 Å². The molecular weight excluding hydrogens is 1140 g/mol. The highest BCUT2D eigenvalue weighted by Gasteiger charge is 2.13. The van der Waals surface area contributed by atoms with Crippen LogP contribution in [0.4, 0.5) is 0 Å². The van der Waals surface area contributed by atoms with Crippen LogP contribution in [0.5, 0.6) is 11.5 Å². The number of nitrogens with zero attached hydrogens (tertiary/aromatic N) is 2. The third-order valence-electron chi connectivity index (χ3n) is 13.7. The van der Waals surface area contributed by atoms with Crippen molar-refractivity contribution in [2.45, 2.75) is 181 Å². The normalized spacial score (nSPS) is 10.6. The first-order valence-electron chi connectivity index (χ1n) is 30.6. The van der Waals surface area contributed by atoms with E-state index in [1.54, 1.807) is 98.8 Å². The van der Waals surface area contributed by atoms with E-state index in [9.17, 15) is 58.2 Å². The van der Waals surface area contributed by atoms with Crippen LogP contribution >= 0.6 is 0 Å². The molecule has 0 saturated heterocycles. The average Bonchev–Trinajstić information content (AvgIpc) is 3.45. The van der Waals surface area contributed by atoms with E-state index in [2.05, 4.69) is 10.6 Å². The van der Waals surface area contributed by atoms with Crippen molar-refractivity contribution in [2.24, 2.45) is 0 Å². The molecule has 2 aromatic heterocycles. The number of phenols is 2. The van der Waals surface area contributed by atoms with E-state index in [1.165, 1.54) is 12.1 Å². The topological polar surface area (TPSA) is 330 Å². The van der Waals surface area contributed by atoms with Gasteiger partial charge in [0, 0.05) is 51.9 Å². The van der Waals surface area contributed by atoms with Crippen molar-refractivity contribution in [3.8, 4) is 11.5 Å². The van der Waals surface area contributed by atoms with Gasteiger partial charge in [-0.3, -0.25) is 38.4 Å². The predicted molar refractivity (Wildman–Crippen MR) is 334 cm³/mol. The highest BCUT2D eigenvalue weighted by atomic mass is 16.5. The molecule has 6 rings (SSSR count). The molecule has 0 spiro atoms. The molecule has 4 aromatic carbocycles. The summed E-state index contributed by atoms with van der Waals surface area (Å²) in [6.45, 7) is 6.25. The number of aliphatic carboxylic acids is 2.